The van der Waals surface area contributed by atoms with Crippen molar-refractivity contribution in [1.29, 1.82) is 0 Å². The number of nitrogens with zero attached hydrogens (tertiary/aromatic N) is 1. The molecule has 3 aromatic rings. The van der Waals surface area contributed by atoms with Crippen molar-refractivity contribution in [2.24, 2.45) is 5.92 Å². The highest BCUT2D eigenvalue weighted by atomic mass is 32.1. The number of halogens is 3. The molecule has 0 atom stereocenters. The maximum atomic E-state index is 15.3. The second-order valence-electron chi connectivity index (χ2n) is 9.91. The van der Waals surface area contributed by atoms with E-state index >= 15 is 4.39 Å². The first-order valence-electron chi connectivity index (χ1n) is 13.3. The molecule has 0 aliphatic heterocycles. The predicted octanol–water partition coefficient (Wildman–Crippen LogP) is 7.50. The number of rotatable bonds is 12. The largest absolute Gasteiger partial charge is 0.478 e. The third-order valence-electron chi connectivity index (χ3n) is 7.00. The number of aromatic nitrogens is 1. The summed E-state index contributed by atoms with van der Waals surface area (Å²) in [6.07, 6.45) is 8.38. The van der Waals surface area contributed by atoms with E-state index in [4.69, 9.17) is 9.84 Å². The van der Waals surface area contributed by atoms with Crippen molar-refractivity contribution in [2.45, 2.75) is 51.9 Å². The molecule has 1 fully saturated rings. The van der Waals surface area contributed by atoms with E-state index in [-0.39, 0.29) is 22.1 Å². The van der Waals surface area contributed by atoms with E-state index in [2.05, 4.69) is 10.3 Å². The van der Waals surface area contributed by atoms with Gasteiger partial charge in [-0.25, -0.2) is 22.9 Å². The van der Waals surface area contributed by atoms with Crippen molar-refractivity contribution in [1.82, 2.24) is 4.98 Å². The summed E-state index contributed by atoms with van der Waals surface area (Å²) >= 11 is 1.05. The highest BCUT2D eigenvalue weighted by Crippen LogP contribution is 2.30. The lowest BCUT2D eigenvalue weighted by atomic mass is 10.0. The minimum atomic E-state index is -1.32. The Balaban J connectivity index is 1.35. The summed E-state index contributed by atoms with van der Waals surface area (Å²) in [6.45, 7) is 2.51. The number of aliphatic carboxylic acids is 1. The average molecular weight is 573 g/mol. The van der Waals surface area contributed by atoms with Gasteiger partial charge in [-0.05, 0) is 61.9 Å². The molecule has 2 N–H and O–H groups in total. The molecule has 0 unspecified atom stereocenters. The van der Waals surface area contributed by atoms with E-state index in [1.807, 2.05) is 0 Å². The number of benzene rings is 2. The minimum Gasteiger partial charge on any atom is -0.478 e. The topological polar surface area (TPSA) is 88.5 Å². The molecule has 6 nitrogen and oxygen atoms in total. The van der Waals surface area contributed by atoms with Gasteiger partial charge in [0.25, 0.3) is 5.91 Å². The van der Waals surface area contributed by atoms with Crippen LogP contribution in [0.15, 0.2) is 41.3 Å². The van der Waals surface area contributed by atoms with Gasteiger partial charge in [0, 0.05) is 40.9 Å². The standard InChI is InChI=1S/C30H31F3N2O4S/c1-18(29(37)38)14-23-24(31)15-21(16-25(23)32)28(36)35-30-34-26(17-40-30)22-10-4-8-20(27(22)33)9-5-12-39-13-11-19-6-2-3-7-19/h4,8,10,14-17,19H,2-3,5-7,9,11-13H2,1H3,(H,37,38)(H,34,35,36). The number of aryl methyl sites for hydroxylation is 1. The van der Waals surface area contributed by atoms with Crippen LogP contribution in [0.25, 0.3) is 17.3 Å². The number of amides is 1. The zero-order valence-corrected chi connectivity index (χ0v) is 23.0. The van der Waals surface area contributed by atoms with Crippen molar-refractivity contribution in [3.63, 3.8) is 0 Å². The van der Waals surface area contributed by atoms with Gasteiger partial charge >= 0.3 is 5.97 Å². The van der Waals surface area contributed by atoms with Crippen LogP contribution in [0.2, 0.25) is 0 Å². The molecule has 40 heavy (non-hydrogen) atoms. The Kier molecular flexibility index (Phi) is 10.1. The van der Waals surface area contributed by atoms with Crippen LogP contribution in [0, 0.1) is 23.4 Å². The molecule has 1 amide bonds. The molecule has 4 rings (SSSR count). The fourth-order valence-corrected chi connectivity index (χ4v) is 5.45. The molecule has 0 bridgehead atoms. The van der Waals surface area contributed by atoms with Crippen molar-refractivity contribution in [3.05, 3.63) is 75.4 Å². The average Bonchev–Trinajstić information content (AvgIpc) is 3.61. The quantitative estimate of drug-likeness (QED) is 0.173. The molecule has 1 aliphatic rings. The van der Waals surface area contributed by atoms with Gasteiger partial charge in [0.1, 0.15) is 17.5 Å². The number of carboxylic acid groups (broad SMARTS) is 1. The molecule has 1 aromatic heterocycles. The number of anilines is 1. The molecule has 1 heterocycles. The lowest BCUT2D eigenvalue weighted by Crippen LogP contribution is -2.13. The lowest BCUT2D eigenvalue weighted by molar-refractivity contribution is -0.132. The molecule has 10 heteroatoms. The van der Waals surface area contributed by atoms with E-state index in [0.717, 1.165) is 48.5 Å². The Morgan fingerprint density at radius 1 is 1.15 bits per heavy atom. The lowest BCUT2D eigenvalue weighted by Gasteiger charge is -2.10. The fraction of sp³-hybridized carbons (Fsp3) is 0.367. The highest BCUT2D eigenvalue weighted by molar-refractivity contribution is 7.14. The summed E-state index contributed by atoms with van der Waals surface area (Å²) < 4.78 is 49.9. The second kappa shape index (κ2) is 13.7. The maximum Gasteiger partial charge on any atom is 0.331 e. The van der Waals surface area contributed by atoms with Crippen LogP contribution in [0.4, 0.5) is 18.3 Å². The normalized spacial score (nSPS) is 14.1. The van der Waals surface area contributed by atoms with Crippen LogP contribution in [0.1, 0.15) is 66.9 Å². The van der Waals surface area contributed by atoms with Crippen LogP contribution in [0.5, 0.6) is 0 Å². The summed E-state index contributed by atoms with van der Waals surface area (Å²) in [5.41, 5.74) is 0.0422. The molecule has 0 saturated heterocycles. The van der Waals surface area contributed by atoms with Gasteiger partial charge in [-0.1, -0.05) is 37.8 Å². The fourth-order valence-electron chi connectivity index (χ4n) is 4.74. The van der Waals surface area contributed by atoms with Gasteiger partial charge in [0.2, 0.25) is 0 Å². The summed E-state index contributed by atoms with van der Waals surface area (Å²) in [5, 5.41) is 13.1. The molecule has 0 radical (unpaired) electrons. The Bertz CT molecular complexity index is 1380. The number of thiazole rings is 1. The number of hydrogen-bond donors (Lipinski definition) is 2. The van der Waals surface area contributed by atoms with Gasteiger partial charge in [-0.15, -0.1) is 11.3 Å². The molecule has 1 saturated carbocycles. The van der Waals surface area contributed by atoms with E-state index in [0.29, 0.717) is 36.3 Å². The summed E-state index contributed by atoms with van der Waals surface area (Å²) in [7, 11) is 0. The van der Waals surface area contributed by atoms with Crippen molar-refractivity contribution >= 4 is 34.4 Å². The first-order valence-corrected chi connectivity index (χ1v) is 14.1. The zero-order valence-electron chi connectivity index (χ0n) is 22.1. The molecule has 2 aromatic carbocycles. The number of hydrogen-bond acceptors (Lipinski definition) is 5. The Morgan fingerprint density at radius 3 is 2.58 bits per heavy atom. The SMILES string of the molecule is CC(=Cc1c(F)cc(C(=O)Nc2nc(-c3cccc(CCCOCCC4CCCC4)c3F)cs2)cc1F)C(=O)O. The van der Waals surface area contributed by atoms with Crippen molar-refractivity contribution in [2.75, 3.05) is 18.5 Å². The molecular weight excluding hydrogens is 541 g/mol. The molecular formula is C30H31F3N2O4S. The molecule has 212 valence electrons. The van der Waals surface area contributed by atoms with E-state index in [1.54, 1.807) is 23.6 Å². The summed E-state index contributed by atoms with van der Waals surface area (Å²) in [5.74, 6) is -3.90. The van der Waals surface area contributed by atoms with Crippen LogP contribution < -0.4 is 5.32 Å². The summed E-state index contributed by atoms with van der Waals surface area (Å²) in [6, 6.07) is 6.71. The minimum absolute atomic E-state index is 0.131. The Morgan fingerprint density at radius 2 is 1.88 bits per heavy atom. The van der Waals surface area contributed by atoms with Crippen molar-refractivity contribution < 1.29 is 32.6 Å². The van der Waals surface area contributed by atoms with Crippen LogP contribution in [0.3, 0.4) is 0 Å². The number of carboxylic acids is 1. The van der Waals surface area contributed by atoms with Crippen LogP contribution in [-0.4, -0.2) is 35.2 Å². The van der Waals surface area contributed by atoms with Crippen LogP contribution in [-0.2, 0) is 16.0 Å². The molecule has 1 aliphatic carbocycles. The third kappa shape index (κ3) is 7.57. The monoisotopic (exact) mass is 572 g/mol. The van der Waals surface area contributed by atoms with Gasteiger partial charge in [0.05, 0.1) is 5.69 Å². The number of carbonyl (C=O) groups excluding carboxylic acids is 1. The van der Waals surface area contributed by atoms with Gasteiger partial charge in [-0.2, -0.15) is 0 Å². The van der Waals surface area contributed by atoms with Crippen LogP contribution >= 0.6 is 11.3 Å². The van der Waals surface area contributed by atoms with Gasteiger partial charge in [0.15, 0.2) is 5.13 Å². The van der Waals surface area contributed by atoms with E-state index in [1.165, 1.54) is 32.6 Å². The first-order chi connectivity index (χ1) is 19.2. The Hall–Kier alpha value is -3.50. The zero-order chi connectivity index (χ0) is 28.6. The third-order valence-corrected chi connectivity index (χ3v) is 7.76. The van der Waals surface area contributed by atoms with Gasteiger partial charge in [-0.3, -0.25) is 10.1 Å². The van der Waals surface area contributed by atoms with E-state index in [9.17, 15) is 18.4 Å². The van der Waals surface area contributed by atoms with Crippen molar-refractivity contribution in [3.8, 4) is 11.3 Å². The smallest absolute Gasteiger partial charge is 0.331 e. The molecule has 0 spiro atoms. The first kappa shape index (κ1) is 29.5. The predicted molar refractivity (Wildman–Crippen MR) is 149 cm³/mol. The maximum absolute atomic E-state index is 15.3. The number of carbonyl (C=O) groups is 2. The van der Waals surface area contributed by atoms with Gasteiger partial charge < -0.3 is 9.84 Å². The highest BCUT2D eigenvalue weighted by Gasteiger charge is 2.18. The summed E-state index contributed by atoms with van der Waals surface area (Å²) in [4.78, 5) is 27.9. The number of ether oxygens (including phenoxy) is 1. The Labute approximate surface area is 234 Å². The van der Waals surface area contributed by atoms with E-state index < -0.39 is 29.1 Å². The second-order valence-corrected chi connectivity index (χ2v) is 10.8. The number of nitrogens with one attached hydrogen (secondary N) is 1.